The van der Waals surface area contributed by atoms with Crippen molar-refractivity contribution >= 4 is 23.6 Å². The summed E-state index contributed by atoms with van der Waals surface area (Å²) in [4.78, 5) is 30.5. The third-order valence-corrected chi connectivity index (χ3v) is 5.34. The first-order valence-electron chi connectivity index (χ1n) is 7.94. The molecule has 2 saturated heterocycles. The molecule has 5 nitrogen and oxygen atoms in total. The monoisotopic (exact) mass is 319 g/mol. The van der Waals surface area contributed by atoms with Crippen LogP contribution in [0.1, 0.15) is 42.5 Å². The molecule has 0 radical (unpaired) electrons. The zero-order chi connectivity index (χ0) is 15.4. The molecule has 0 aromatic carbocycles. The first-order chi connectivity index (χ1) is 10.7. The fraction of sp³-hybridized carbons (Fsp3) is 0.562. The van der Waals surface area contributed by atoms with Gasteiger partial charge in [-0.05, 0) is 37.8 Å². The molecule has 1 aromatic rings. The van der Waals surface area contributed by atoms with Crippen molar-refractivity contribution in [2.45, 2.75) is 42.4 Å². The summed E-state index contributed by atoms with van der Waals surface area (Å²) in [5.74, 6) is 0.162. The molecule has 1 atom stereocenters. The minimum Gasteiger partial charge on any atom is -0.355 e. The predicted molar refractivity (Wildman–Crippen MR) is 85.9 cm³/mol. The second kappa shape index (κ2) is 7.13. The Bertz CT molecular complexity index is 541. The van der Waals surface area contributed by atoms with Gasteiger partial charge >= 0.3 is 0 Å². The van der Waals surface area contributed by atoms with Crippen LogP contribution in [-0.4, -0.2) is 46.6 Å². The third-order valence-electron chi connectivity index (χ3n) is 4.12. The van der Waals surface area contributed by atoms with Gasteiger partial charge in [-0.15, -0.1) is 0 Å². The van der Waals surface area contributed by atoms with E-state index < -0.39 is 0 Å². The molecular formula is C16H21N3O2S. The van der Waals surface area contributed by atoms with Gasteiger partial charge in [-0.2, -0.15) is 0 Å². The van der Waals surface area contributed by atoms with Crippen molar-refractivity contribution in [1.29, 1.82) is 0 Å². The van der Waals surface area contributed by atoms with Crippen LogP contribution in [0, 0.1) is 0 Å². The lowest BCUT2D eigenvalue weighted by Gasteiger charge is -2.15. The summed E-state index contributed by atoms with van der Waals surface area (Å²) in [7, 11) is 0. The highest BCUT2D eigenvalue weighted by molar-refractivity contribution is 8.00. The Morgan fingerprint density at radius 2 is 2.05 bits per heavy atom. The largest absolute Gasteiger partial charge is 0.355 e. The van der Waals surface area contributed by atoms with E-state index in [0.717, 1.165) is 56.8 Å². The molecule has 3 rings (SSSR count). The van der Waals surface area contributed by atoms with E-state index in [1.54, 1.807) is 6.20 Å². The lowest BCUT2D eigenvalue weighted by atomic mass is 10.2. The van der Waals surface area contributed by atoms with Crippen molar-refractivity contribution in [3.63, 3.8) is 0 Å². The highest BCUT2D eigenvalue weighted by Crippen LogP contribution is 2.27. The van der Waals surface area contributed by atoms with E-state index in [4.69, 9.17) is 0 Å². The number of nitrogens with one attached hydrogen (secondary N) is 1. The van der Waals surface area contributed by atoms with Crippen LogP contribution in [0.3, 0.4) is 0 Å². The number of pyridine rings is 1. The van der Waals surface area contributed by atoms with Crippen LogP contribution >= 0.6 is 11.8 Å². The number of carbonyl (C=O) groups excluding carboxylic acids is 2. The van der Waals surface area contributed by atoms with Crippen LogP contribution in [0.4, 0.5) is 0 Å². The predicted octanol–water partition coefficient (Wildman–Crippen LogP) is 2.08. The van der Waals surface area contributed by atoms with Crippen LogP contribution in [0.25, 0.3) is 0 Å². The zero-order valence-corrected chi connectivity index (χ0v) is 13.4. The van der Waals surface area contributed by atoms with Gasteiger partial charge in [0.1, 0.15) is 0 Å². The number of thioether (sulfide) groups is 1. The molecule has 22 heavy (non-hydrogen) atoms. The Kier molecular flexibility index (Phi) is 4.97. The normalized spacial score (nSPS) is 22.3. The van der Waals surface area contributed by atoms with E-state index in [2.05, 4.69) is 10.3 Å². The van der Waals surface area contributed by atoms with E-state index in [0.29, 0.717) is 5.56 Å². The Morgan fingerprint density at radius 3 is 2.77 bits per heavy atom. The number of likely N-dealkylation sites (tertiary alicyclic amines) is 1. The SMILES string of the molecule is O=C1NCCCC[C@H]1Sc1ccc(C(=O)N2CCCC2)cn1. The molecule has 0 bridgehead atoms. The average Bonchev–Trinajstić information content (AvgIpc) is 3.00. The number of hydrogen-bond acceptors (Lipinski definition) is 4. The van der Waals surface area contributed by atoms with Crippen molar-refractivity contribution < 1.29 is 9.59 Å². The first kappa shape index (κ1) is 15.3. The van der Waals surface area contributed by atoms with Crippen LogP contribution in [0.2, 0.25) is 0 Å². The minimum absolute atomic E-state index is 0.0637. The highest BCUT2D eigenvalue weighted by atomic mass is 32.2. The molecule has 0 spiro atoms. The summed E-state index contributed by atoms with van der Waals surface area (Å²) in [6, 6.07) is 3.68. The van der Waals surface area contributed by atoms with Crippen LogP contribution in [0.5, 0.6) is 0 Å². The standard InChI is InChI=1S/C16H21N3O2S/c20-15-13(5-1-2-8-17-15)22-14-7-6-12(11-18-14)16(21)19-9-3-4-10-19/h6-7,11,13H,1-5,8-10H2,(H,17,20)/t13-/m1/s1. The second-order valence-corrected chi connectivity index (χ2v) is 7.00. The summed E-state index contributed by atoms with van der Waals surface area (Å²) in [6.45, 7) is 2.46. The lowest BCUT2D eigenvalue weighted by molar-refractivity contribution is -0.120. The average molecular weight is 319 g/mol. The van der Waals surface area contributed by atoms with Crippen LogP contribution in [-0.2, 0) is 4.79 Å². The molecule has 0 saturated carbocycles. The number of nitrogens with zero attached hydrogens (tertiary/aromatic N) is 2. The first-order valence-corrected chi connectivity index (χ1v) is 8.82. The molecule has 2 aliphatic rings. The van der Waals surface area contributed by atoms with E-state index in [1.165, 1.54) is 11.8 Å². The summed E-state index contributed by atoms with van der Waals surface area (Å²) in [5, 5.41) is 3.66. The maximum atomic E-state index is 12.3. The minimum atomic E-state index is -0.0740. The summed E-state index contributed by atoms with van der Waals surface area (Å²) < 4.78 is 0. The third kappa shape index (κ3) is 3.61. The molecular weight excluding hydrogens is 298 g/mol. The Morgan fingerprint density at radius 1 is 1.23 bits per heavy atom. The second-order valence-electron chi connectivity index (χ2n) is 5.78. The topological polar surface area (TPSA) is 62.3 Å². The molecule has 1 N–H and O–H groups in total. The van der Waals surface area contributed by atoms with Gasteiger partial charge in [0, 0.05) is 25.8 Å². The fourth-order valence-corrected chi connectivity index (χ4v) is 3.88. The molecule has 3 heterocycles. The van der Waals surface area contributed by atoms with Gasteiger partial charge in [0.2, 0.25) is 5.91 Å². The summed E-state index contributed by atoms with van der Waals surface area (Å²) in [5.41, 5.74) is 0.636. The molecule has 118 valence electrons. The van der Waals surface area contributed by atoms with Crippen molar-refractivity contribution in [3.8, 4) is 0 Å². The van der Waals surface area contributed by atoms with Gasteiger partial charge in [0.05, 0.1) is 15.8 Å². The van der Waals surface area contributed by atoms with Crippen molar-refractivity contribution in [2.24, 2.45) is 0 Å². The number of rotatable bonds is 3. The lowest BCUT2D eigenvalue weighted by Crippen LogP contribution is -2.30. The smallest absolute Gasteiger partial charge is 0.255 e. The Labute approximate surface area is 134 Å². The van der Waals surface area contributed by atoms with Crippen molar-refractivity contribution in [1.82, 2.24) is 15.2 Å². The van der Waals surface area contributed by atoms with Gasteiger partial charge in [0.25, 0.3) is 5.91 Å². The number of carbonyl (C=O) groups is 2. The Balaban J connectivity index is 1.63. The van der Waals surface area contributed by atoms with E-state index in [1.807, 2.05) is 17.0 Å². The van der Waals surface area contributed by atoms with Gasteiger partial charge in [-0.3, -0.25) is 9.59 Å². The van der Waals surface area contributed by atoms with E-state index in [-0.39, 0.29) is 17.1 Å². The van der Waals surface area contributed by atoms with Crippen LogP contribution in [0.15, 0.2) is 23.4 Å². The fourth-order valence-electron chi connectivity index (χ4n) is 2.85. The summed E-state index contributed by atoms with van der Waals surface area (Å²) >= 11 is 1.49. The molecule has 2 amide bonds. The molecule has 6 heteroatoms. The van der Waals surface area contributed by atoms with Crippen molar-refractivity contribution in [3.05, 3.63) is 23.9 Å². The number of aromatic nitrogens is 1. The quantitative estimate of drug-likeness (QED) is 0.926. The summed E-state index contributed by atoms with van der Waals surface area (Å²) in [6.07, 6.45) is 6.79. The van der Waals surface area contributed by atoms with E-state index >= 15 is 0 Å². The number of hydrogen-bond donors (Lipinski definition) is 1. The van der Waals surface area contributed by atoms with Crippen molar-refractivity contribution in [2.75, 3.05) is 19.6 Å². The van der Waals surface area contributed by atoms with Gasteiger partial charge in [0.15, 0.2) is 0 Å². The van der Waals surface area contributed by atoms with Gasteiger partial charge in [-0.25, -0.2) is 4.98 Å². The maximum absolute atomic E-state index is 12.3. The zero-order valence-electron chi connectivity index (χ0n) is 12.6. The molecule has 0 aliphatic carbocycles. The van der Waals surface area contributed by atoms with E-state index in [9.17, 15) is 9.59 Å². The van der Waals surface area contributed by atoms with Gasteiger partial charge in [-0.1, -0.05) is 18.2 Å². The molecule has 1 aromatic heterocycles. The Hall–Kier alpha value is -1.56. The molecule has 0 unspecified atom stereocenters. The van der Waals surface area contributed by atoms with Crippen LogP contribution < -0.4 is 5.32 Å². The number of amides is 2. The molecule has 2 aliphatic heterocycles. The highest BCUT2D eigenvalue weighted by Gasteiger charge is 2.23. The molecule has 2 fully saturated rings. The van der Waals surface area contributed by atoms with Gasteiger partial charge < -0.3 is 10.2 Å². The maximum Gasteiger partial charge on any atom is 0.255 e.